The van der Waals surface area contributed by atoms with Gasteiger partial charge in [0.1, 0.15) is 0 Å². The number of ether oxygens (including phenoxy) is 1. The molecule has 0 aromatic carbocycles. The number of methoxy groups -OCH3 is 1. The van der Waals surface area contributed by atoms with Gasteiger partial charge in [-0.3, -0.25) is 0 Å². The first-order chi connectivity index (χ1) is 9.58. The van der Waals surface area contributed by atoms with E-state index in [0.29, 0.717) is 5.82 Å². The molecule has 2 heterocycles. The van der Waals surface area contributed by atoms with E-state index in [-0.39, 0.29) is 5.69 Å². The van der Waals surface area contributed by atoms with Crippen molar-refractivity contribution < 1.29 is 9.53 Å². The average Bonchev–Trinajstić information content (AvgIpc) is 2.85. The molecular formula is C12H15N5O2S. The van der Waals surface area contributed by atoms with E-state index in [1.165, 1.54) is 18.4 Å². The molecule has 0 atom stereocenters. The van der Waals surface area contributed by atoms with Gasteiger partial charge in [0.15, 0.2) is 16.6 Å². The van der Waals surface area contributed by atoms with E-state index in [0.717, 1.165) is 17.4 Å². The fourth-order valence-electron chi connectivity index (χ4n) is 1.48. The summed E-state index contributed by atoms with van der Waals surface area (Å²) in [4.78, 5) is 17.7. The minimum Gasteiger partial charge on any atom is -0.464 e. The second kappa shape index (κ2) is 6.40. The highest BCUT2D eigenvalue weighted by molar-refractivity contribution is 7.13. The topological polar surface area (TPSA) is 80.2 Å². The molecular weight excluding hydrogens is 278 g/mol. The van der Waals surface area contributed by atoms with Gasteiger partial charge in [-0.2, -0.15) is 0 Å². The van der Waals surface area contributed by atoms with Crippen molar-refractivity contribution in [2.24, 2.45) is 0 Å². The summed E-state index contributed by atoms with van der Waals surface area (Å²) in [6, 6.07) is 3.21. The zero-order valence-corrected chi connectivity index (χ0v) is 12.3. The van der Waals surface area contributed by atoms with Crippen molar-refractivity contribution in [1.82, 2.24) is 20.1 Å². The number of rotatable bonds is 5. The minimum atomic E-state index is -0.508. The number of hydrogen-bond donors (Lipinski definition) is 1. The molecule has 106 valence electrons. The molecule has 0 spiro atoms. The van der Waals surface area contributed by atoms with Gasteiger partial charge in [-0.15, -0.1) is 21.5 Å². The maximum Gasteiger partial charge on any atom is 0.358 e. The van der Waals surface area contributed by atoms with Crippen LogP contribution < -0.4 is 5.32 Å². The quantitative estimate of drug-likeness (QED) is 0.837. The van der Waals surface area contributed by atoms with Crippen LogP contribution in [0.3, 0.4) is 0 Å². The summed E-state index contributed by atoms with van der Waals surface area (Å²) >= 11 is 1.49. The molecule has 0 aliphatic heterocycles. The molecule has 0 bridgehead atoms. The van der Waals surface area contributed by atoms with Crippen molar-refractivity contribution in [2.45, 2.75) is 6.54 Å². The highest BCUT2D eigenvalue weighted by Crippen LogP contribution is 2.19. The first kappa shape index (κ1) is 14.4. The van der Waals surface area contributed by atoms with Gasteiger partial charge in [0.25, 0.3) is 0 Å². The third-order valence-electron chi connectivity index (χ3n) is 2.32. The van der Waals surface area contributed by atoms with Crippen LogP contribution in [0.15, 0.2) is 17.5 Å². The van der Waals surface area contributed by atoms with Crippen molar-refractivity contribution >= 4 is 28.3 Å². The van der Waals surface area contributed by atoms with Crippen molar-refractivity contribution in [2.75, 3.05) is 26.5 Å². The normalized spacial score (nSPS) is 10.6. The zero-order chi connectivity index (χ0) is 14.5. The first-order valence-electron chi connectivity index (χ1n) is 5.86. The summed E-state index contributed by atoms with van der Waals surface area (Å²) in [6.07, 6.45) is 0. The van der Waals surface area contributed by atoms with E-state index in [1.807, 2.05) is 24.4 Å². The molecule has 0 saturated carbocycles. The Bertz CT molecular complexity index is 582. The van der Waals surface area contributed by atoms with Crippen LogP contribution in [-0.4, -0.2) is 47.3 Å². The summed E-state index contributed by atoms with van der Waals surface area (Å²) in [7, 11) is 5.28. The van der Waals surface area contributed by atoms with Crippen LogP contribution in [0.2, 0.25) is 0 Å². The second-order valence-electron chi connectivity index (χ2n) is 4.30. The van der Waals surface area contributed by atoms with E-state index in [2.05, 4.69) is 25.2 Å². The number of thiazole rings is 1. The predicted octanol–water partition coefficient (Wildman–Crippen LogP) is 1.52. The Morgan fingerprint density at radius 2 is 2.20 bits per heavy atom. The molecule has 0 amide bonds. The molecule has 0 saturated heterocycles. The molecule has 1 N–H and O–H groups in total. The fourth-order valence-corrected chi connectivity index (χ4v) is 2.19. The third kappa shape index (κ3) is 3.72. The predicted molar refractivity (Wildman–Crippen MR) is 76.2 cm³/mol. The van der Waals surface area contributed by atoms with Crippen LogP contribution in [0.5, 0.6) is 0 Å². The molecule has 2 aromatic heterocycles. The summed E-state index contributed by atoms with van der Waals surface area (Å²) in [5, 5.41) is 13.5. The molecule has 0 aliphatic carbocycles. The minimum absolute atomic E-state index is 0.172. The maximum absolute atomic E-state index is 11.2. The lowest BCUT2D eigenvalue weighted by atomic mass is 10.4. The Morgan fingerprint density at radius 3 is 2.80 bits per heavy atom. The Hall–Kier alpha value is -2.06. The van der Waals surface area contributed by atoms with Gasteiger partial charge in [0.2, 0.25) is 0 Å². The van der Waals surface area contributed by atoms with Gasteiger partial charge in [-0.1, -0.05) is 0 Å². The molecule has 2 aromatic rings. The Labute approximate surface area is 120 Å². The van der Waals surface area contributed by atoms with Crippen LogP contribution in [-0.2, 0) is 11.3 Å². The Balaban J connectivity index is 2.02. The Kier molecular flexibility index (Phi) is 4.59. The summed E-state index contributed by atoms with van der Waals surface area (Å²) in [5.41, 5.74) is 1.16. The number of nitrogens with zero attached hydrogens (tertiary/aromatic N) is 4. The average molecular weight is 293 g/mol. The summed E-state index contributed by atoms with van der Waals surface area (Å²) < 4.78 is 4.56. The van der Waals surface area contributed by atoms with Gasteiger partial charge in [0.05, 0.1) is 12.8 Å². The lowest BCUT2D eigenvalue weighted by Gasteiger charge is -2.05. The molecule has 0 fully saturated rings. The van der Waals surface area contributed by atoms with Gasteiger partial charge in [-0.05, 0) is 26.2 Å². The number of nitrogens with one attached hydrogen (secondary N) is 1. The molecule has 0 aliphatic rings. The summed E-state index contributed by atoms with van der Waals surface area (Å²) in [6.45, 7) is 0.783. The fraction of sp³-hybridized carbons (Fsp3) is 0.333. The van der Waals surface area contributed by atoms with Crippen LogP contribution in [0, 0.1) is 0 Å². The molecule has 0 radical (unpaired) electrons. The molecule has 20 heavy (non-hydrogen) atoms. The van der Waals surface area contributed by atoms with E-state index < -0.39 is 5.97 Å². The third-order valence-corrected chi connectivity index (χ3v) is 3.13. The maximum atomic E-state index is 11.2. The van der Waals surface area contributed by atoms with Crippen molar-refractivity contribution in [3.63, 3.8) is 0 Å². The number of anilines is 2. The smallest absolute Gasteiger partial charge is 0.358 e. The number of hydrogen-bond acceptors (Lipinski definition) is 8. The van der Waals surface area contributed by atoms with E-state index in [9.17, 15) is 4.79 Å². The number of carbonyl (C=O) groups excluding carboxylic acids is 1. The second-order valence-corrected chi connectivity index (χ2v) is 5.16. The number of aromatic nitrogens is 3. The molecule has 8 heteroatoms. The van der Waals surface area contributed by atoms with Gasteiger partial charge in [0, 0.05) is 11.9 Å². The first-order valence-corrected chi connectivity index (χ1v) is 6.74. The van der Waals surface area contributed by atoms with Crippen molar-refractivity contribution in [3.05, 3.63) is 28.9 Å². The van der Waals surface area contributed by atoms with E-state index in [1.54, 1.807) is 12.1 Å². The van der Waals surface area contributed by atoms with E-state index >= 15 is 0 Å². The van der Waals surface area contributed by atoms with Crippen LogP contribution in [0.4, 0.5) is 10.9 Å². The largest absolute Gasteiger partial charge is 0.464 e. The zero-order valence-electron chi connectivity index (χ0n) is 11.5. The van der Waals surface area contributed by atoms with Gasteiger partial charge >= 0.3 is 5.97 Å². The molecule has 7 nitrogen and oxygen atoms in total. The highest BCUT2D eigenvalue weighted by Gasteiger charge is 2.09. The lowest BCUT2D eigenvalue weighted by molar-refractivity contribution is 0.0593. The van der Waals surface area contributed by atoms with E-state index in [4.69, 9.17) is 0 Å². The van der Waals surface area contributed by atoms with Crippen LogP contribution in [0.25, 0.3) is 0 Å². The van der Waals surface area contributed by atoms with Gasteiger partial charge < -0.3 is 15.0 Å². The highest BCUT2D eigenvalue weighted by atomic mass is 32.1. The number of carbonyl (C=O) groups is 1. The standard InChI is InChI=1S/C12H15N5O2S/c1-17(2)6-8-7-20-12(13-8)14-10-5-4-9(15-16-10)11(18)19-3/h4-5,7H,6H2,1-3H3,(H,13,14,16). The van der Waals surface area contributed by atoms with Crippen molar-refractivity contribution in [3.8, 4) is 0 Å². The SMILES string of the molecule is COC(=O)c1ccc(Nc2nc(CN(C)C)cs2)nn1. The van der Waals surface area contributed by atoms with Crippen LogP contribution in [0.1, 0.15) is 16.2 Å². The molecule has 0 unspecified atom stereocenters. The monoisotopic (exact) mass is 293 g/mol. The number of esters is 1. The summed E-state index contributed by atoms with van der Waals surface area (Å²) in [5.74, 6) is 0.0231. The van der Waals surface area contributed by atoms with Crippen LogP contribution >= 0.6 is 11.3 Å². The molecule has 2 rings (SSSR count). The van der Waals surface area contributed by atoms with Gasteiger partial charge in [-0.25, -0.2) is 9.78 Å². The Morgan fingerprint density at radius 1 is 1.40 bits per heavy atom. The van der Waals surface area contributed by atoms with Crippen molar-refractivity contribution in [1.29, 1.82) is 0 Å². The lowest BCUT2D eigenvalue weighted by Crippen LogP contribution is -2.10.